The summed E-state index contributed by atoms with van der Waals surface area (Å²) < 4.78 is 53.1. The van der Waals surface area contributed by atoms with Gasteiger partial charge in [0.15, 0.2) is 0 Å². The number of likely N-dealkylation sites (tertiary alicyclic amines) is 1. The highest BCUT2D eigenvalue weighted by Gasteiger charge is 2.40. The molecule has 2 aromatic carbocycles. The SMILES string of the molecule is COc1ccc(-n2ccnc2C(F)(F)F)cc1C1=CC2(CCCN(Cc3ccccc3)C2)OC1. The Bertz CT molecular complexity index is 1190. The minimum absolute atomic E-state index is 0.372. The van der Waals surface area contributed by atoms with Crippen molar-refractivity contribution in [3.63, 3.8) is 0 Å². The lowest BCUT2D eigenvalue weighted by Crippen LogP contribution is -2.46. The summed E-state index contributed by atoms with van der Waals surface area (Å²) in [5.41, 5.74) is 2.89. The summed E-state index contributed by atoms with van der Waals surface area (Å²) in [6, 6.07) is 15.4. The van der Waals surface area contributed by atoms with Crippen molar-refractivity contribution < 1.29 is 22.6 Å². The Kier molecular flexibility index (Phi) is 5.95. The highest BCUT2D eigenvalue weighted by Crippen LogP contribution is 2.40. The molecule has 0 amide bonds. The summed E-state index contributed by atoms with van der Waals surface area (Å²) in [6.45, 7) is 3.01. The second kappa shape index (κ2) is 8.92. The number of alkyl halides is 3. The van der Waals surface area contributed by atoms with Crippen molar-refractivity contribution in [1.82, 2.24) is 14.5 Å². The number of aromatic nitrogens is 2. The molecule has 5 nitrogen and oxygen atoms in total. The van der Waals surface area contributed by atoms with E-state index < -0.39 is 17.6 Å². The van der Waals surface area contributed by atoms with E-state index in [1.165, 1.54) is 11.8 Å². The molecule has 178 valence electrons. The third kappa shape index (κ3) is 4.48. The molecule has 3 heterocycles. The Labute approximate surface area is 196 Å². The molecule has 1 saturated heterocycles. The van der Waals surface area contributed by atoms with E-state index in [-0.39, 0.29) is 0 Å². The predicted molar refractivity (Wildman–Crippen MR) is 123 cm³/mol. The average Bonchev–Trinajstić information content (AvgIpc) is 3.47. The van der Waals surface area contributed by atoms with E-state index in [1.807, 2.05) is 18.2 Å². The van der Waals surface area contributed by atoms with Crippen molar-refractivity contribution in [2.75, 3.05) is 26.8 Å². The van der Waals surface area contributed by atoms with Crippen LogP contribution in [0.5, 0.6) is 5.75 Å². The Hall–Kier alpha value is -3.10. The molecule has 3 aromatic rings. The Morgan fingerprint density at radius 2 is 1.97 bits per heavy atom. The zero-order valence-corrected chi connectivity index (χ0v) is 18.9. The highest BCUT2D eigenvalue weighted by molar-refractivity contribution is 5.75. The molecule has 1 atom stereocenters. The third-order valence-electron chi connectivity index (χ3n) is 6.47. The quantitative estimate of drug-likeness (QED) is 0.505. The maximum atomic E-state index is 13.4. The van der Waals surface area contributed by atoms with E-state index in [0.29, 0.717) is 18.0 Å². The van der Waals surface area contributed by atoms with Crippen molar-refractivity contribution in [1.29, 1.82) is 0 Å². The molecule has 1 spiro atoms. The van der Waals surface area contributed by atoms with Crippen LogP contribution in [0.15, 0.2) is 67.0 Å². The molecule has 0 aliphatic carbocycles. The van der Waals surface area contributed by atoms with Gasteiger partial charge in [0, 0.05) is 36.7 Å². The van der Waals surface area contributed by atoms with Gasteiger partial charge in [-0.3, -0.25) is 9.47 Å². The Morgan fingerprint density at radius 1 is 1.15 bits per heavy atom. The van der Waals surface area contributed by atoms with Crippen LogP contribution in [0.25, 0.3) is 11.3 Å². The van der Waals surface area contributed by atoms with Crippen molar-refractivity contribution >= 4 is 5.57 Å². The van der Waals surface area contributed by atoms with Crippen molar-refractivity contribution in [2.24, 2.45) is 0 Å². The number of nitrogens with zero attached hydrogens (tertiary/aromatic N) is 3. The number of methoxy groups -OCH3 is 1. The monoisotopic (exact) mass is 469 g/mol. The van der Waals surface area contributed by atoms with E-state index in [9.17, 15) is 13.2 Å². The van der Waals surface area contributed by atoms with Crippen LogP contribution in [0.1, 0.15) is 29.8 Å². The zero-order valence-electron chi connectivity index (χ0n) is 18.9. The minimum atomic E-state index is -4.55. The molecule has 34 heavy (non-hydrogen) atoms. The summed E-state index contributed by atoms with van der Waals surface area (Å²) in [5, 5.41) is 0. The second-order valence-electron chi connectivity index (χ2n) is 8.83. The summed E-state index contributed by atoms with van der Waals surface area (Å²) in [5.74, 6) is -0.359. The predicted octanol–water partition coefficient (Wildman–Crippen LogP) is 5.35. The van der Waals surface area contributed by atoms with Crippen LogP contribution >= 0.6 is 0 Å². The standard InChI is InChI=1S/C26H26F3N3O2/c1-33-23-9-8-21(32-13-11-30-24(32)26(27,28)29)14-22(23)20-15-25(34-17-20)10-5-12-31(18-25)16-19-6-3-2-4-7-19/h2-4,6-9,11,13-15H,5,10,12,16-18H2,1H3. The normalized spacial score (nSPS) is 21.1. The van der Waals surface area contributed by atoms with E-state index in [4.69, 9.17) is 9.47 Å². The molecule has 8 heteroatoms. The topological polar surface area (TPSA) is 39.5 Å². The van der Waals surface area contributed by atoms with Crippen molar-refractivity contribution in [3.05, 3.63) is 84.0 Å². The van der Waals surface area contributed by atoms with Gasteiger partial charge in [0.25, 0.3) is 0 Å². The first-order valence-electron chi connectivity index (χ1n) is 11.3. The number of hydrogen-bond donors (Lipinski definition) is 0. The fraction of sp³-hybridized carbons (Fsp3) is 0.346. The third-order valence-corrected chi connectivity index (χ3v) is 6.47. The number of ether oxygens (including phenoxy) is 2. The van der Waals surface area contributed by atoms with Crippen molar-refractivity contribution in [2.45, 2.75) is 31.2 Å². The lowest BCUT2D eigenvalue weighted by atomic mass is 9.90. The molecule has 1 unspecified atom stereocenters. The first kappa shape index (κ1) is 22.7. The van der Waals surface area contributed by atoms with Gasteiger partial charge in [-0.2, -0.15) is 13.2 Å². The van der Waals surface area contributed by atoms with Gasteiger partial charge in [-0.05, 0) is 54.8 Å². The molecule has 1 fully saturated rings. The lowest BCUT2D eigenvalue weighted by molar-refractivity contribution is -0.145. The maximum absolute atomic E-state index is 13.4. The van der Waals surface area contributed by atoms with Gasteiger partial charge in [0.05, 0.1) is 13.7 Å². The first-order valence-corrected chi connectivity index (χ1v) is 11.3. The summed E-state index contributed by atoms with van der Waals surface area (Å²) in [6.07, 6.45) is 1.99. The maximum Gasteiger partial charge on any atom is 0.450 e. The highest BCUT2D eigenvalue weighted by atomic mass is 19.4. The molecular weight excluding hydrogens is 443 g/mol. The molecule has 0 bridgehead atoms. The number of imidazole rings is 1. The molecule has 2 aliphatic rings. The number of halogens is 3. The second-order valence-corrected chi connectivity index (χ2v) is 8.83. The summed E-state index contributed by atoms with van der Waals surface area (Å²) in [7, 11) is 1.56. The fourth-order valence-corrected chi connectivity index (χ4v) is 4.95. The number of hydrogen-bond acceptors (Lipinski definition) is 4. The van der Waals surface area contributed by atoms with Crippen LogP contribution in [-0.2, 0) is 17.5 Å². The van der Waals surface area contributed by atoms with E-state index in [2.05, 4.69) is 28.1 Å². The average molecular weight is 470 g/mol. The summed E-state index contributed by atoms with van der Waals surface area (Å²) >= 11 is 0. The van der Waals surface area contributed by atoms with Crippen LogP contribution in [0.2, 0.25) is 0 Å². The van der Waals surface area contributed by atoms with Crippen LogP contribution < -0.4 is 4.74 Å². The number of benzene rings is 2. The lowest BCUT2D eigenvalue weighted by Gasteiger charge is -2.38. The van der Waals surface area contributed by atoms with Gasteiger partial charge in [-0.15, -0.1) is 0 Å². The fourth-order valence-electron chi connectivity index (χ4n) is 4.95. The van der Waals surface area contributed by atoms with E-state index in [0.717, 1.165) is 54.4 Å². The van der Waals surface area contributed by atoms with Gasteiger partial charge in [-0.1, -0.05) is 30.3 Å². The number of rotatable bonds is 5. The van der Waals surface area contributed by atoms with Gasteiger partial charge in [0.1, 0.15) is 11.4 Å². The largest absolute Gasteiger partial charge is 0.496 e. The molecular formula is C26H26F3N3O2. The molecule has 1 aromatic heterocycles. The first-order chi connectivity index (χ1) is 16.4. The van der Waals surface area contributed by atoms with Crippen molar-refractivity contribution in [3.8, 4) is 11.4 Å². The summed E-state index contributed by atoms with van der Waals surface area (Å²) in [4.78, 5) is 5.90. The van der Waals surface area contributed by atoms with Crippen LogP contribution in [0, 0.1) is 0 Å². The van der Waals surface area contributed by atoms with Gasteiger partial charge >= 0.3 is 6.18 Å². The smallest absolute Gasteiger partial charge is 0.450 e. The molecule has 0 saturated carbocycles. The Balaban J connectivity index is 1.44. The molecule has 0 radical (unpaired) electrons. The zero-order chi connectivity index (χ0) is 23.8. The van der Waals surface area contributed by atoms with Crippen LogP contribution in [-0.4, -0.2) is 46.9 Å². The number of piperidine rings is 1. The minimum Gasteiger partial charge on any atom is -0.496 e. The van der Waals surface area contributed by atoms with Crippen LogP contribution in [0.3, 0.4) is 0 Å². The van der Waals surface area contributed by atoms with E-state index in [1.54, 1.807) is 25.3 Å². The Morgan fingerprint density at radius 3 is 2.74 bits per heavy atom. The van der Waals surface area contributed by atoms with Crippen LogP contribution in [0.4, 0.5) is 13.2 Å². The van der Waals surface area contributed by atoms with E-state index >= 15 is 0 Å². The molecule has 5 rings (SSSR count). The molecule has 0 N–H and O–H groups in total. The van der Waals surface area contributed by atoms with Gasteiger partial charge < -0.3 is 9.47 Å². The van der Waals surface area contributed by atoms with Gasteiger partial charge in [0.2, 0.25) is 5.82 Å². The van der Waals surface area contributed by atoms with Gasteiger partial charge in [-0.25, -0.2) is 4.98 Å². The molecule has 2 aliphatic heterocycles.